The molecule has 0 atom stereocenters. The third kappa shape index (κ3) is 4.23. The van der Waals surface area contributed by atoms with Crippen LogP contribution in [0.15, 0.2) is 42.6 Å². The first-order chi connectivity index (χ1) is 12.9. The van der Waals surface area contributed by atoms with Crippen molar-refractivity contribution in [2.24, 2.45) is 5.92 Å². The van der Waals surface area contributed by atoms with E-state index in [9.17, 15) is 13.2 Å². The van der Waals surface area contributed by atoms with E-state index < -0.39 is 11.7 Å². The van der Waals surface area contributed by atoms with Gasteiger partial charge in [0.25, 0.3) is 0 Å². The van der Waals surface area contributed by atoms with Crippen LogP contribution in [0.3, 0.4) is 0 Å². The Labute approximate surface area is 156 Å². The van der Waals surface area contributed by atoms with E-state index in [4.69, 9.17) is 4.74 Å². The Bertz CT molecular complexity index is 901. The van der Waals surface area contributed by atoms with Gasteiger partial charge in [0.15, 0.2) is 5.65 Å². The number of nitrogens with zero attached hydrogens (tertiary/aromatic N) is 3. The number of ether oxygens (including phenoxy) is 1. The van der Waals surface area contributed by atoms with Crippen molar-refractivity contribution >= 4 is 5.65 Å². The molecule has 0 aliphatic carbocycles. The Kier molecular flexibility index (Phi) is 5.68. The summed E-state index contributed by atoms with van der Waals surface area (Å²) in [6.45, 7) is 4.82. The van der Waals surface area contributed by atoms with Crippen molar-refractivity contribution in [1.82, 2.24) is 14.6 Å². The Morgan fingerprint density at radius 3 is 2.52 bits per heavy atom. The molecule has 0 amide bonds. The SMILES string of the molecule is CCC(CC)CCOc1ccc2ncc(-c3ccccc3C(F)(F)F)n2n1. The highest BCUT2D eigenvalue weighted by atomic mass is 19.4. The Morgan fingerprint density at radius 2 is 1.81 bits per heavy atom. The van der Waals surface area contributed by atoms with Crippen molar-refractivity contribution < 1.29 is 17.9 Å². The number of aromatic nitrogens is 3. The van der Waals surface area contributed by atoms with Gasteiger partial charge in [-0.25, -0.2) is 9.50 Å². The number of hydrogen-bond acceptors (Lipinski definition) is 3. The maximum Gasteiger partial charge on any atom is 0.417 e. The van der Waals surface area contributed by atoms with Crippen LogP contribution in [0, 0.1) is 5.92 Å². The minimum Gasteiger partial charge on any atom is -0.477 e. The molecule has 2 heterocycles. The number of imidazole rings is 1. The second kappa shape index (κ2) is 7.98. The average molecular weight is 377 g/mol. The molecule has 0 aliphatic heterocycles. The van der Waals surface area contributed by atoms with Gasteiger partial charge in [-0.1, -0.05) is 44.9 Å². The van der Waals surface area contributed by atoms with Gasteiger partial charge in [0, 0.05) is 11.6 Å². The second-order valence-corrected chi connectivity index (χ2v) is 6.45. The lowest BCUT2D eigenvalue weighted by Gasteiger charge is -2.13. The summed E-state index contributed by atoms with van der Waals surface area (Å²) in [5.41, 5.74) is 0.0746. The molecule has 4 nitrogen and oxygen atoms in total. The van der Waals surface area contributed by atoms with Crippen LogP contribution in [0.2, 0.25) is 0 Å². The van der Waals surface area contributed by atoms with E-state index in [0.717, 1.165) is 25.3 Å². The number of benzene rings is 1. The topological polar surface area (TPSA) is 39.4 Å². The van der Waals surface area contributed by atoms with E-state index in [1.165, 1.54) is 22.8 Å². The third-order valence-electron chi connectivity index (χ3n) is 4.78. The van der Waals surface area contributed by atoms with Gasteiger partial charge in [-0.3, -0.25) is 0 Å². The number of hydrogen-bond donors (Lipinski definition) is 0. The van der Waals surface area contributed by atoms with Crippen LogP contribution in [-0.2, 0) is 6.18 Å². The van der Waals surface area contributed by atoms with Gasteiger partial charge in [0.2, 0.25) is 5.88 Å². The van der Waals surface area contributed by atoms with Crippen molar-refractivity contribution in [1.29, 1.82) is 0 Å². The largest absolute Gasteiger partial charge is 0.477 e. The minimum absolute atomic E-state index is 0.0409. The van der Waals surface area contributed by atoms with Gasteiger partial charge in [0.05, 0.1) is 24.1 Å². The molecule has 7 heteroatoms. The molecule has 0 spiro atoms. The summed E-state index contributed by atoms with van der Waals surface area (Å²) >= 11 is 0. The molecule has 0 N–H and O–H groups in total. The lowest BCUT2D eigenvalue weighted by Crippen LogP contribution is -2.09. The normalized spacial score (nSPS) is 12.1. The van der Waals surface area contributed by atoms with Gasteiger partial charge in [-0.2, -0.15) is 13.2 Å². The fraction of sp³-hybridized carbons (Fsp3) is 0.400. The van der Waals surface area contributed by atoms with Crippen molar-refractivity contribution in [3.63, 3.8) is 0 Å². The molecule has 2 aromatic heterocycles. The highest BCUT2D eigenvalue weighted by molar-refractivity contribution is 5.67. The van der Waals surface area contributed by atoms with Gasteiger partial charge in [-0.05, 0) is 24.5 Å². The predicted molar refractivity (Wildman–Crippen MR) is 97.6 cm³/mol. The van der Waals surface area contributed by atoms with Crippen molar-refractivity contribution in [2.75, 3.05) is 6.61 Å². The van der Waals surface area contributed by atoms with E-state index in [1.54, 1.807) is 18.2 Å². The van der Waals surface area contributed by atoms with Crippen LogP contribution >= 0.6 is 0 Å². The molecule has 0 fully saturated rings. The monoisotopic (exact) mass is 377 g/mol. The Morgan fingerprint density at radius 1 is 1.07 bits per heavy atom. The van der Waals surface area contributed by atoms with Gasteiger partial charge >= 0.3 is 6.18 Å². The first-order valence-corrected chi connectivity index (χ1v) is 9.08. The number of fused-ring (bicyclic) bond motifs is 1. The van der Waals surface area contributed by atoms with Crippen molar-refractivity contribution in [2.45, 2.75) is 39.3 Å². The predicted octanol–water partition coefficient (Wildman–Crippen LogP) is 5.62. The molecule has 0 radical (unpaired) electrons. The zero-order valence-corrected chi connectivity index (χ0v) is 15.3. The van der Waals surface area contributed by atoms with Gasteiger partial charge < -0.3 is 4.74 Å². The van der Waals surface area contributed by atoms with Crippen LogP contribution in [-0.4, -0.2) is 21.2 Å². The van der Waals surface area contributed by atoms with Gasteiger partial charge in [-0.15, -0.1) is 5.10 Å². The van der Waals surface area contributed by atoms with E-state index in [0.29, 0.717) is 24.1 Å². The Hall–Kier alpha value is -2.57. The summed E-state index contributed by atoms with van der Waals surface area (Å²) in [5, 5.41) is 4.35. The number of alkyl halides is 3. The van der Waals surface area contributed by atoms with E-state index in [2.05, 4.69) is 23.9 Å². The smallest absolute Gasteiger partial charge is 0.417 e. The van der Waals surface area contributed by atoms with Crippen molar-refractivity contribution in [3.8, 4) is 17.1 Å². The van der Waals surface area contributed by atoms with Crippen molar-refractivity contribution in [3.05, 3.63) is 48.2 Å². The second-order valence-electron chi connectivity index (χ2n) is 6.45. The molecule has 0 unspecified atom stereocenters. The fourth-order valence-corrected chi connectivity index (χ4v) is 3.10. The average Bonchev–Trinajstić information content (AvgIpc) is 3.08. The lowest BCUT2D eigenvalue weighted by atomic mass is 10.0. The maximum absolute atomic E-state index is 13.4. The summed E-state index contributed by atoms with van der Waals surface area (Å²) in [6.07, 6.45) is 0.0455. The summed E-state index contributed by atoms with van der Waals surface area (Å²) in [6, 6.07) is 8.81. The fourth-order valence-electron chi connectivity index (χ4n) is 3.10. The molecule has 1 aromatic carbocycles. The van der Waals surface area contributed by atoms with Gasteiger partial charge in [0.1, 0.15) is 0 Å². The number of halogens is 3. The summed E-state index contributed by atoms with van der Waals surface area (Å²) in [7, 11) is 0. The number of rotatable bonds is 7. The summed E-state index contributed by atoms with van der Waals surface area (Å²) in [4.78, 5) is 4.17. The molecule has 3 rings (SSSR count). The highest BCUT2D eigenvalue weighted by Gasteiger charge is 2.34. The lowest BCUT2D eigenvalue weighted by molar-refractivity contribution is -0.137. The molecule has 0 saturated carbocycles. The molecule has 0 saturated heterocycles. The molecule has 3 aromatic rings. The third-order valence-corrected chi connectivity index (χ3v) is 4.78. The first-order valence-electron chi connectivity index (χ1n) is 9.08. The first kappa shape index (κ1) is 19.2. The van der Waals surface area contributed by atoms with E-state index >= 15 is 0 Å². The molecular weight excluding hydrogens is 355 g/mol. The standard InChI is InChI=1S/C20H22F3N3O/c1-3-14(4-2)11-12-27-19-10-9-18-24-13-17(26(18)25-19)15-7-5-6-8-16(15)20(21,22)23/h5-10,13-14H,3-4,11-12H2,1-2H3. The molecular formula is C20H22F3N3O. The van der Waals surface area contributed by atoms with Crippen LogP contribution in [0.1, 0.15) is 38.7 Å². The van der Waals surface area contributed by atoms with E-state index in [-0.39, 0.29) is 11.3 Å². The molecule has 0 aliphatic rings. The van der Waals surface area contributed by atoms with Crippen LogP contribution in [0.4, 0.5) is 13.2 Å². The quantitative estimate of drug-likeness (QED) is 0.536. The molecule has 27 heavy (non-hydrogen) atoms. The minimum atomic E-state index is -4.45. The van der Waals surface area contributed by atoms with Crippen LogP contribution < -0.4 is 4.74 Å². The van der Waals surface area contributed by atoms with Crippen LogP contribution in [0.25, 0.3) is 16.9 Å². The molecule has 0 bridgehead atoms. The summed E-state index contributed by atoms with van der Waals surface area (Å²) in [5.74, 6) is 0.966. The zero-order valence-electron chi connectivity index (χ0n) is 15.3. The Balaban J connectivity index is 1.91. The zero-order chi connectivity index (χ0) is 19.4. The maximum atomic E-state index is 13.4. The van der Waals surface area contributed by atoms with Crippen LogP contribution in [0.5, 0.6) is 5.88 Å². The van der Waals surface area contributed by atoms with E-state index in [1.807, 2.05) is 0 Å². The summed E-state index contributed by atoms with van der Waals surface area (Å²) < 4.78 is 47.2. The molecule has 144 valence electrons. The highest BCUT2D eigenvalue weighted by Crippen LogP contribution is 2.37.